The van der Waals surface area contributed by atoms with Gasteiger partial charge in [-0.3, -0.25) is 4.68 Å². The second-order valence-electron chi connectivity index (χ2n) is 7.38. The van der Waals surface area contributed by atoms with E-state index in [-0.39, 0.29) is 30.0 Å². The highest BCUT2D eigenvalue weighted by molar-refractivity contribution is 5.63. The van der Waals surface area contributed by atoms with Crippen molar-refractivity contribution in [3.8, 4) is 22.9 Å². The lowest BCUT2D eigenvalue weighted by molar-refractivity contribution is 0.421. The Bertz CT molecular complexity index is 1270. The predicted octanol–water partition coefficient (Wildman–Crippen LogP) is 3.61. The SMILES string of the molecule is C=C1NCC[C@@H]1Nc1nc(-c2cc(-c3ccon3)n(Cc3ccccc3F)n2)ncc1F. The molecule has 8 nitrogen and oxygen atoms in total. The number of benzene rings is 1. The third-order valence-electron chi connectivity index (χ3n) is 5.25. The highest BCUT2D eigenvalue weighted by Crippen LogP contribution is 2.26. The molecule has 3 aromatic heterocycles. The normalized spacial score (nSPS) is 15.7. The first-order chi connectivity index (χ1) is 15.6. The van der Waals surface area contributed by atoms with Gasteiger partial charge in [-0.2, -0.15) is 5.10 Å². The van der Waals surface area contributed by atoms with Crippen LogP contribution in [0.3, 0.4) is 0 Å². The number of rotatable bonds is 6. The molecule has 0 saturated carbocycles. The molecule has 1 aromatic carbocycles. The van der Waals surface area contributed by atoms with E-state index in [0.29, 0.717) is 22.6 Å². The summed E-state index contributed by atoms with van der Waals surface area (Å²) in [6.45, 7) is 4.85. The maximum atomic E-state index is 14.4. The van der Waals surface area contributed by atoms with Gasteiger partial charge in [-0.15, -0.1) is 0 Å². The van der Waals surface area contributed by atoms with Crippen molar-refractivity contribution >= 4 is 5.82 Å². The molecule has 0 amide bonds. The number of anilines is 1. The molecule has 10 heteroatoms. The van der Waals surface area contributed by atoms with E-state index in [2.05, 4.69) is 37.4 Å². The van der Waals surface area contributed by atoms with Gasteiger partial charge in [0, 0.05) is 23.9 Å². The van der Waals surface area contributed by atoms with Crippen LogP contribution in [0, 0.1) is 11.6 Å². The highest BCUT2D eigenvalue weighted by Gasteiger charge is 2.22. The van der Waals surface area contributed by atoms with E-state index in [9.17, 15) is 8.78 Å². The van der Waals surface area contributed by atoms with E-state index < -0.39 is 5.82 Å². The van der Waals surface area contributed by atoms with Crippen LogP contribution < -0.4 is 10.6 Å². The van der Waals surface area contributed by atoms with Gasteiger partial charge in [-0.25, -0.2) is 18.7 Å². The Labute approximate surface area is 182 Å². The molecular weight excluding hydrogens is 416 g/mol. The van der Waals surface area contributed by atoms with E-state index in [0.717, 1.165) is 24.9 Å². The van der Waals surface area contributed by atoms with Crippen LogP contribution in [0.2, 0.25) is 0 Å². The average Bonchev–Trinajstić information content (AvgIpc) is 3.53. The zero-order valence-electron chi connectivity index (χ0n) is 16.9. The molecule has 1 fully saturated rings. The van der Waals surface area contributed by atoms with Crippen LogP contribution in [0.1, 0.15) is 12.0 Å². The molecule has 0 spiro atoms. The summed E-state index contributed by atoms with van der Waals surface area (Å²) in [4.78, 5) is 8.45. The zero-order chi connectivity index (χ0) is 22.1. The van der Waals surface area contributed by atoms with Crippen molar-refractivity contribution in [2.75, 3.05) is 11.9 Å². The minimum atomic E-state index is -0.573. The lowest BCUT2D eigenvalue weighted by Crippen LogP contribution is -2.21. The maximum absolute atomic E-state index is 14.4. The molecule has 1 atom stereocenters. The van der Waals surface area contributed by atoms with Crippen molar-refractivity contribution in [3.63, 3.8) is 0 Å². The first kappa shape index (κ1) is 19.9. The van der Waals surface area contributed by atoms with Crippen molar-refractivity contribution in [2.45, 2.75) is 19.0 Å². The maximum Gasteiger partial charge on any atom is 0.183 e. The van der Waals surface area contributed by atoms with E-state index in [4.69, 9.17) is 4.52 Å². The quantitative estimate of drug-likeness (QED) is 0.478. The lowest BCUT2D eigenvalue weighted by Gasteiger charge is -2.14. The summed E-state index contributed by atoms with van der Waals surface area (Å²) in [5, 5.41) is 14.7. The van der Waals surface area contributed by atoms with Crippen molar-refractivity contribution in [2.24, 2.45) is 0 Å². The minimum Gasteiger partial charge on any atom is -0.387 e. The molecule has 1 aliphatic heterocycles. The van der Waals surface area contributed by atoms with Gasteiger partial charge in [-0.1, -0.05) is 29.9 Å². The molecule has 0 unspecified atom stereocenters. The summed E-state index contributed by atoms with van der Waals surface area (Å²) in [7, 11) is 0. The lowest BCUT2D eigenvalue weighted by atomic mass is 10.2. The molecule has 4 heterocycles. The van der Waals surface area contributed by atoms with Crippen LogP contribution in [-0.4, -0.2) is 37.5 Å². The van der Waals surface area contributed by atoms with Crippen LogP contribution in [0.4, 0.5) is 14.6 Å². The molecule has 5 rings (SSSR count). The summed E-state index contributed by atoms with van der Waals surface area (Å²) in [6, 6.07) is 9.72. The van der Waals surface area contributed by atoms with E-state index in [1.807, 2.05) is 0 Å². The first-order valence-corrected chi connectivity index (χ1v) is 10.0. The molecule has 1 saturated heterocycles. The van der Waals surface area contributed by atoms with Crippen LogP contribution in [-0.2, 0) is 6.54 Å². The van der Waals surface area contributed by atoms with Gasteiger partial charge >= 0.3 is 0 Å². The van der Waals surface area contributed by atoms with Crippen LogP contribution in [0.15, 0.2) is 65.7 Å². The average molecular weight is 435 g/mol. The second kappa shape index (κ2) is 8.22. The number of hydrogen-bond donors (Lipinski definition) is 2. The third-order valence-corrected chi connectivity index (χ3v) is 5.25. The van der Waals surface area contributed by atoms with E-state index in [1.165, 1.54) is 12.3 Å². The molecular formula is C22H19F2N7O. The molecule has 2 N–H and O–H groups in total. The third kappa shape index (κ3) is 3.82. The summed E-state index contributed by atoms with van der Waals surface area (Å²) < 4.78 is 35.2. The smallest absolute Gasteiger partial charge is 0.183 e. The van der Waals surface area contributed by atoms with Crippen LogP contribution >= 0.6 is 0 Å². The van der Waals surface area contributed by atoms with Crippen LogP contribution in [0.5, 0.6) is 0 Å². The Morgan fingerprint density at radius 1 is 1.19 bits per heavy atom. The predicted molar refractivity (Wildman–Crippen MR) is 113 cm³/mol. The largest absolute Gasteiger partial charge is 0.387 e. The van der Waals surface area contributed by atoms with Gasteiger partial charge in [0.05, 0.1) is 24.5 Å². The Morgan fingerprint density at radius 3 is 2.81 bits per heavy atom. The number of halogens is 2. The van der Waals surface area contributed by atoms with Gasteiger partial charge < -0.3 is 15.2 Å². The second-order valence-corrected chi connectivity index (χ2v) is 7.38. The molecule has 1 aliphatic rings. The van der Waals surface area contributed by atoms with Gasteiger partial charge in [0.1, 0.15) is 23.5 Å². The Morgan fingerprint density at radius 2 is 2.06 bits per heavy atom. The molecule has 4 aromatic rings. The Hall–Kier alpha value is -4.08. The molecule has 0 bridgehead atoms. The zero-order valence-corrected chi connectivity index (χ0v) is 16.9. The number of hydrogen-bond acceptors (Lipinski definition) is 7. The minimum absolute atomic E-state index is 0.0662. The fraction of sp³-hybridized carbons (Fsp3) is 0.182. The Kier molecular flexibility index (Phi) is 5.10. The van der Waals surface area contributed by atoms with Crippen molar-refractivity contribution in [1.82, 2.24) is 30.2 Å². The summed E-state index contributed by atoms with van der Waals surface area (Å²) in [5.41, 5.74) is 2.75. The van der Waals surface area contributed by atoms with Crippen molar-refractivity contribution < 1.29 is 13.3 Å². The summed E-state index contributed by atoms with van der Waals surface area (Å²) in [6.07, 6.45) is 3.31. The van der Waals surface area contributed by atoms with E-state index in [1.54, 1.807) is 35.0 Å². The first-order valence-electron chi connectivity index (χ1n) is 10.0. The monoisotopic (exact) mass is 435 g/mol. The van der Waals surface area contributed by atoms with Gasteiger partial charge in [-0.05, 0) is 18.6 Å². The van der Waals surface area contributed by atoms with Crippen molar-refractivity contribution in [3.05, 3.63) is 78.3 Å². The molecule has 162 valence electrons. The molecule has 0 radical (unpaired) electrons. The van der Waals surface area contributed by atoms with Gasteiger partial charge in [0.15, 0.2) is 17.5 Å². The van der Waals surface area contributed by atoms with Gasteiger partial charge in [0.2, 0.25) is 0 Å². The van der Waals surface area contributed by atoms with Crippen LogP contribution in [0.25, 0.3) is 22.9 Å². The standard InChI is InChI=1S/C22H19F2N7O/c1-13-17(6-8-25-13)27-21-16(24)11-26-22(28-21)19-10-20(18-7-9-32-30-18)31(29-19)12-14-4-2-3-5-15(14)23/h2-5,7,9-11,17,25H,1,6,8,12H2,(H,26,27,28)/t17-/m0/s1. The van der Waals surface area contributed by atoms with Crippen molar-refractivity contribution in [1.29, 1.82) is 0 Å². The van der Waals surface area contributed by atoms with Gasteiger partial charge in [0.25, 0.3) is 0 Å². The molecule has 0 aliphatic carbocycles. The summed E-state index contributed by atoms with van der Waals surface area (Å²) in [5.74, 6) is -0.625. The number of aromatic nitrogens is 5. The van der Waals surface area contributed by atoms with E-state index >= 15 is 0 Å². The molecule has 32 heavy (non-hydrogen) atoms. The topological polar surface area (TPSA) is 93.7 Å². The number of nitrogens with zero attached hydrogens (tertiary/aromatic N) is 5. The highest BCUT2D eigenvalue weighted by atomic mass is 19.1. The fourth-order valence-electron chi connectivity index (χ4n) is 3.58. The number of nitrogens with one attached hydrogen (secondary N) is 2. The summed E-state index contributed by atoms with van der Waals surface area (Å²) >= 11 is 0. The fourth-order valence-corrected chi connectivity index (χ4v) is 3.58. The Balaban J connectivity index is 1.52.